The molecule has 0 aliphatic carbocycles. The van der Waals surface area contributed by atoms with Crippen LogP contribution in [0.1, 0.15) is 6.42 Å². The summed E-state index contributed by atoms with van der Waals surface area (Å²) in [6.45, 7) is 2.06. The number of pyridine rings is 1. The van der Waals surface area contributed by atoms with Crippen molar-refractivity contribution in [3.63, 3.8) is 0 Å². The third kappa shape index (κ3) is 2.63. The minimum absolute atomic E-state index is 0.521. The number of aromatic nitrogens is 3. The summed E-state index contributed by atoms with van der Waals surface area (Å²) < 4.78 is 2.02. The molecule has 0 saturated carbocycles. The first-order valence-corrected chi connectivity index (χ1v) is 10.9. The number of anilines is 1. The van der Waals surface area contributed by atoms with Crippen LogP contribution in [0.15, 0.2) is 12.3 Å². The zero-order valence-electron chi connectivity index (χ0n) is 11.3. The van der Waals surface area contributed by atoms with E-state index in [1.54, 1.807) is 0 Å². The van der Waals surface area contributed by atoms with Crippen LogP contribution in [-0.2, 0) is 0 Å². The van der Waals surface area contributed by atoms with E-state index in [0.29, 0.717) is 17.6 Å². The topological polar surface area (TPSA) is 37.2 Å². The Kier molecular flexibility index (Phi) is 4.36. The Bertz CT molecular complexity index is 632. The fourth-order valence-electron chi connectivity index (χ4n) is 2.62. The number of hydrogen-bond donors (Lipinski definition) is 0. The molecule has 0 radical (unpaired) electrons. The van der Waals surface area contributed by atoms with Crippen molar-refractivity contribution in [1.82, 2.24) is 19.4 Å². The quantitative estimate of drug-likeness (QED) is 0.432. The third-order valence-electron chi connectivity index (χ3n) is 3.79. The van der Waals surface area contributed by atoms with Crippen molar-refractivity contribution in [1.29, 1.82) is 0 Å². The molecule has 3 rings (SSSR count). The van der Waals surface area contributed by atoms with Gasteiger partial charge in [-0.1, -0.05) is 11.6 Å². The molecule has 1 aliphatic rings. The van der Waals surface area contributed by atoms with Crippen molar-refractivity contribution in [3.05, 3.63) is 17.4 Å². The van der Waals surface area contributed by atoms with Gasteiger partial charge >= 0.3 is 0 Å². The second kappa shape index (κ2) is 5.91. The van der Waals surface area contributed by atoms with Gasteiger partial charge in [0.1, 0.15) is 5.15 Å². The average molecular weight is 424 g/mol. The maximum Gasteiger partial charge on any atom is 0.160 e. The predicted octanol–water partition coefficient (Wildman–Crippen LogP) is 3.02. The monoisotopic (exact) mass is 423 g/mol. The van der Waals surface area contributed by atoms with Gasteiger partial charge in [-0.3, -0.25) is 0 Å². The molecule has 0 spiro atoms. The molecule has 0 amide bonds. The summed E-state index contributed by atoms with van der Waals surface area (Å²) >= 11 is 8.35. The molecule has 2 aromatic heterocycles. The van der Waals surface area contributed by atoms with Gasteiger partial charge in [-0.25, -0.2) is 9.44 Å². The van der Waals surface area contributed by atoms with Crippen LogP contribution in [0.2, 0.25) is 5.15 Å². The lowest BCUT2D eigenvalue weighted by Crippen LogP contribution is -2.31. The average Bonchev–Trinajstić information content (AvgIpc) is 3.01. The molecule has 0 N–H and O–H groups in total. The minimum atomic E-state index is 0.521. The Hall–Kier alpha value is -0.170. The molecule has 2 atom stereocenters. The van der Waals surface area contributed by atoms with Gasteiger partial charge in [-0.2, -0.15) is 0 Å². The first-order chi connectivity index (χ1) is 9.60. The molecule has 1 aliphatic heterocycles. The molecule has 1 fully saturated rings. The van der Waals surface area contributed by atoms with Crippen LogP contribution in [0.3, 0.4) is 0 Å². The number of halogens is 2. The van der Waals surface area contributed by atoms with Crippen LogP contribution >= 0.6 is 40.0 Å². The second-order valence-corrected chi connectivity index (χ2v) is 7.62. The summed E-state index contributed by atoms with van der Waals surface area (Å²) in [6, 6.07) is 2.50. The van der Waals surface area contributed by atoms with Gasteiger partial charge in [0.25, 0.3) is 0 Å². The van der Waals surface area contributed by atoms with Gasteiger partial charge in [-0.05, 0) is 42.6 Å². The molecule has 5 nitrogen and oxygen atoms in total. The number of likely N-dealkylation sites (N-methyl/N-ethyl adjacent to an activating group) is 1. The van der Waals surface area contributed by atoms with E-state index in [1.165, 1.54) is 6.42 Å². The zero-order valence-corrected chi connectivity index (χ0v) is 15.3. The van der Waals surface area contributed by atoms with Crippen LogP contribution < -0.4 is 4.90 Å². The molecule has 3 heterocycles. The van der Waals surface area contributed by atoms with Crippen LogP contribution in [0.4, 0.5) is 5.82 Å². The van der Waals surface area contributed by atoms with Crippen LogP contribution in [0.25, 0.3) is 10.9 Å². The largest absolute Gasteiger partial charge is 0.353 e. The Labute approximate surface area is 138 Å². The third-order valence-corrected chi connectivity index (χ3v) is 5.86. The molecular weight excluding hydrogens is 407 g/mol. The van der Waals surface area contributed by atoms with Crippen LogP contribution in [0, 0.1) is 0 Å². The first kappa shape index (κ1) is 14.8. The van der Waals surface area contributed by atoms with Crippen LogP contribution in [0.5, 0.6) is 0 Å². The first-order valence-electron chi connectivity index (χ1n) is 6.42. The normalized spacial score (nSPS) is 20.1. The lowest BCUT2D eigenvalue weighted by Gasteiger charge is -2.20. The number of hydrogen-bond acceptors (Lipinski definition) is 4. The zero-order chi connectivity index (χ0) is 14.3. The van der Waals surface area contributed by atoms with Crippen molar-refractivity contribution < 1.29 is 0 Å². The summed E-state index contributed by atoms with van der Waals surface area (Å²) in [6.07, 6.45) is 3.58. The van der Waals surface area contributed by atoms with Gasteiger partial charge in [-0.15, -0.1) is 5.10 Å². The Morgan fingerprint density at radius 2 is 2.30 bits per heavy atom. The highest BCUT2D eigenvalue weighted by atomic mass is 127. The Balaban J connectivity index is 2.00. The van der Waals surface area contributed by atoms with Gasteiger partial charge in [0.05, 0.1) is 17.3 Å². The summed E-state index contributed by atoms with van der Waals surface area (Å²) in [7, 11) is 4.27. The van der Waals surface area contributed by atoms with E-state index in [2.05, 4.69) is 50.9 Å². The molecule has 20 heavy (non-hydrogen) atoms. The second-order valence-electron chi connectivity index (χ2n) is 5.20. The van der Waals surface area contributed by atoms with Crippen molar-refractivity contribution in [2.75, 3.05) is 32.1 Å². The van der Waals surface area contributed by atoms with E-state index < -0.39 is 0 Å². The SMILES string of the molecule is CN(C)C1CCN(c2nn(PI)c3cc(Cl)ncc23)C1. The van der Waals surface area contributed by atoms with Gasteiger partial charge in [0.15, 0.2) is 5.82 Å². The molecule has 108 valence electrons. The molecule has 1 saturated heterocycles. The Morgan fingerprint density at radius 3 is 2.95 bits per heavy atom. The predicted molar refractivity (Wildman–Crippen MR) is 94.6 cm³/mol. The van der Waals surface area contributed by atoms with Crippen LogP contribution in [-0.4, -0.2) is 52.7 Å². The standard InChI is InChI=1S/C12H16ClIN5P/c1-17(2)8-3-4-18(7-8)12-9-6-15-11(13)5-10(9)19(16-12)20-14/h5-6,8,20H,3-4,7H2,1-2H3. The lowest BCUT2D eigenvalue weighted by molar-refractivity contribution is 0.315. The fourth-order valence-corrected chi connectivity index (χ4v) is 4.29. The summed E-state index contributed by atoms with van der Waals surface area (Å²) in [5.41, 5.74) is 1.07. The molecular formula is C12H16ClIN5P. The summed E-state index contributed by atoms with van der Waals surface area (Å²) in [5.74, 6) is 1.04. The van der Waals surface area contributed by atoms with E-state index in [-0.39, 0.29) is 0 Å². The molecule has 2 aromatic rings. The van der Waals surface area contributed by atoms with E-state index in [4.69, 9.17) is 16.7 Å². The van der Waals surface area contributed by atoms with Crippen molar-refractivity contribution in [2.24, 2.45) is 0 Å². The number of nitrogens with zero attached hydrogens (tertiary/aromatic N) is 5. The van der Waals surface area contributed by atoms with Gasteiger partial charge < -0.3 is 9.80 Å². The van der Waals surface area contributed by atoms with Crippen molar-refractivity contribution >= 4 is 56.7 Å². The van der Waals surface area contributed by atoms with E-state index >= 15 is 0 Å². The fraction of sp³-hybridized carbons (Fsp3) is 0.500. The van der Waals surface area contributed by atoms with Crippen molar-refractivity contribution in [2.45, 2.75) is 12.5 Å². The molecule has 0 bridgehead atoms. The number of fused-ring (bicyclic) bond motifs is 1. The Morgan fingerprint density at radius 1 is 1.50 bits per heavy atom. The highest BCUT2D eigenvalue weighted by Gasteiger charge is 2.27. The van der Waals surface area contributed by atoms with E-state index in [1.807, 2.05) is 16.7 Å². The van der Waals surface area contributed by atoms with Crippen molar-refractivity contribution in [3.8, 4) is 0 Å². The van der Waals surface area contributed by atoms with E-state index in [9.17, 15) is 0 Å². The minimum Gasteiger partial charge on any atom is -0.353 e. The number of rotatable bonds is 3. The van der Waals surface area contributed by atoms with Gasteiger partial charge in [0.2, 0.25) is 0 Å². The molecule has 2 unspecified atom stereocenters. The summed E-state index contributed by atoms with van der Waals surface area (Å²) in [5, 5.41) is 6.37. The van der Waals surface area contributed by atoms with Gasteiger partial charge in [0, 0.05) is 31.4 Å². The summed E-state index contributed by atoms with van der Waals surface area (Å²) in [4.78, 5) is 8.86. The maximum atomic E-state index is 6.01. The molecule has 0 aromatic carbocycles. The highest BCUT2D eigenvalue weighted by Crippen LogP contribution is 2.35. The van der Waals surface area contributed by atoms with E-state index in [0.717, 1.165) is 29.8 Å². The maximum absolute atomic E-state index is 6.01. The highest BCUT2D eigenvalue weighted by molar-refractivity contribution is 14.2. The smallest absolute Gasteiger partial charge is 0.160 e. The molecule has 8 heteroatoms. The lowest BCUT2D eigenvalue weighted by atomic mass is 10.2.